The fraction of sp³-hybridized carbons (Fsp3) is 0.185. The zero-order chi connectivity index (χ0) is 24.2. The molecule has 0 aliphatic carbocycles. The Labute approximate surface area is 197 Å². The Morgan fingerprint density at radius 1 is 0.882 bits per heavy atom. The molecule has 7 heteroatoms. The average Bonchev–Trinajstić information content (AvgIpc) is 2.84. The Balaban J connectivity index is 1.83. The van der Waals surface area contributed by atoms with Crippen molar-refractivity contribution < 1.29 is 4.79 Å². The lowest BCUT2D eigenvalue weighted by Gasteiger charge is -2.18. The molecule has 34 heavy (non-hydrogen) atoms. The predicted molar refractivity (Wildman–Crippen MR) is 131 cm³/mol. The Kier molecular flexibility index (Phi) is 6.54. The summed E-state index contributed by atoms with van der Waals surface area (Å²) in [7, 11) is 1.61. The van der Waals surface area contributed by atoms with E-state index in [1.165, 1.54) is 4.90 Å². The number of rotatable bonds is 6. The van der Waals surface area contributed by atoms with Crippen molar-refractivity contribution in [3.8, 4) is 5.69 Å². The van der Waals surface area contributed by atoms with Crippen LogP contribution in [0.2, 0.25) is 0 Å². The van der Waals surface area contributed by atoms with Crippen LogP contribution < -0.4 is 11.2 Å². The molecule has 0 aliphatic heterocycles. The van der Waals surface area contributed by atoms with Crippen LogP contribution in [0.25, 0.3) is 5.69 Å². The van der Waals surface area contributed by atoms with Gasteiger partial charge >= 0.3 is 5.69 Å². The van der Waals surface area contributed by atoms with Crippen LogP contribution >= 0.6 is 0 Å². The van der Waals surface area contributed by atoms with Gasteiger partial charge in [0.25, 0.3) is 11.5 Å². The van der Waals surface area contributed by atoms with E-state index >= 15 is 0 Å². The molecule has 0 N–H and O–H groups in total. The number of carbonyl (C=O) groups excluding carboxylic acids is 1. The topological polar surface area (TPSA) is 77.2 Å². The molecule has 1 amide bonds. The van der Waals surface area contributed by atoms with Gasteiger partial charge in [-0.1, -0.05) is 72.3 Å². The highest BCUT2D eigenvalue weighted by molar-refractivity contribution is 5.91. The van der Waals surface area contributed by atoms with E-state index in [2.05, 4.69) is 5.10 Å². The third kappa shape index (κ3) is 4.73. The normalized spacial score (nSPS) is 10.8. The van der Waals surface area contributed by atoms with Crippen LogP contribution in [0.3, 0.4) is 0 Å². The van der Waals surface area contributed by atoms with Gasteiger partial charge < -0.3 is 4.90 Å². The average molecular weight is 455 g/mol. The Hall–Kier alpha value is -4.26. The van der Waals surface area contributed by atoms with Gasteiger partial charge in [-0.15, -0.1) is 0 Å². The minimum Gasteiger partial charge on any atom is -0.336 e. The number of hydrogen-bond donors (Lipinski definition) is 0. The van der Waals surface area contributed by atoms with Crippen LogP contribution in [0.5, 0.6) is 0 Å². The molecule has 0 radical (unpaired) electrons. The van der Waals surface area contributed by atoms with Crippen molar-refractivity contribution >= 4 is 5.91 Å². The standard InChI is InChI=1S/C27H26N4O3/c1-19-13-15-23(16-14-19)31-27(34)30(18-22-12-8-7-9-20(22)2)26(33)24(28-31)25(32)29(3)17-21-10-5-4-6-11-21/h4-16H,17-18H2,1-3H3. The summed E-state index contributed by atoms with van der Waals surface area (Å²) in [4.78, 5) is 41.5. The molecular formula is C27H26N4O3. The molecule has 0 unspecified atom stereocenters. The molecule has 0 spiro atoms. The van der Waals surface area contributed by atoms with Crippen LogP contribution in [-0.2, 0) is 13.1 Å². The third-order valence-electron chi connectivity index (χ3n) is 5.74. The van der Waals surface area contributed by atoms with Crippen molar-refractivity contribution in [3.05, 3.63) is 128 Å². The van der Waals surface area contributed by atoms with E-state index in [4.69, 9.17) is 0 Å². The van der Waals surface area contributed by atoms with Crippen molar-refractivity contribution in [2.75, 3.05) is 7.05 Å². The second-order valence-electron chi connectivity index (χ2n) is 8.34. The zero-order valence-corrected chi connectivity index (χ0v) is 19.4. The molecule has 0 bridgehead atoms. The monoisotopic (exact) mass is 454 g/mol. The number of amides is 1. The molecule has 0 fully saturated rings. The summed E-state index contributed by atoms with van der Waals surface area (Å²) in [5.74, 6) is -0.548. The fourth-order valence-electron chi connectivity index (χ4n) is 3.71. The van der Waals surface area contributed by atoms with Crippen LogP contribution in [0.4, 0.5) is 0 Å². The first-order chi connectivity index (χ1) is 16.3. The number of hydrogen-bond acceptors (Lipinski definition) is 4. The van der Waals surface area contributed by atoms with Crippen molar-refractivity contribution in [1.29, 1.82) is 0 Å². The Bertz CT molecular complexity index is 1440. The van der Waals surface area contributed by atoms with Crippen molar-refractivity contribution in [2.24, 2.45) is 0 Å². The number of aromatic nitrogens is 3. The van der Waals surface area contributed by atoms with Crippen LogP contribution in [0.15, 0.2) is 88.5 Å². The minimum absolute atomic E-state index is 0.0431. The van der Waals surface area contributed by atoms with Gasteiger partial charge in [0.05, 0.1) is 12.2 Å². The predicted octanol–water partition coefficient (Wildman–Crippen LogP) is 3.33. The molecule has 0 saturated heterocycles. The van der Waals surface area contributed by atoms with Gasteiger partial charge in [-0.2, -0.15) is 9.78 Å². The second-order valence-corrected chi connectivity index (χ2v) is 8.34. The molecule has 172 valence electrons. The molecule has 1 aromatic heterocycles. The van der Waals surface area contributed by atoms with Gasteiger partial charge in [-0.25, -0.2) is 4.79 Å². The quantitative estimate of drug-likeness (QED) is 0.448. The molecule has 0 atom stereocenters. The second kappa shape index (κ2) is 9.70. The SMILES string of the molecule is Cc1ccc(-n2nc(C(=O)N(C)Cc3ccccc3)c(=O)n(Cc3ccccc3C)c2=O)cc1. The van der Waals surface area contributed by atoms with E-state index in [9.17, 15) is 14.4 Å². The lowest BCUT2D eigenvalue weighted by molar-refractivity contribution is 0.0773. The molecule has 4 rings (SSSR count). The van der Waals surface area contributed by atoms with E-state index < -0.39 is 17.2 Å². The van der Waals surface area contributed by atoms with Crippen molar-refractivity contribution in [1.82, 2.24) is 19.2 Å². The van der Waals surface area contributed by atoms with Crippen LogP contribution in [0, 0.1) is 13.8 Å². The number of aryl methyl sites for hydroxylation is 2. The van der Waals surface area contributed by atoms with E-state index in [1.54, 1.807) is 19.2 Å². The number of nitrogens with zero attached hydrogens (tertiary/aromatic N) is 4. The summed E-state index contributed by atoms with van der Waals surface area (Å²) in [6.45, 7) is 4.20. The summed E-state index contributed by atoms with van der Waals surface area (Å²) in [6, 6.07) is 24.2. The molecule has 0 saturated carbocycles. The van der Waals surface area contributed by atoms with Gasteiger partial charge in [-0.05, 0) is 42.7 Å². The molecule has 0 aliphatic rings. The summed E-state index contributed by atoms with van der Waals surface area (Å²) in [6.07, 6.45) is 0. The van der Waals surface area contributed by atoms with Crippen LogP contribution in [0.1, 0.15) is 32.7 Å². The molecule has 4 aromatic rings. The Morgan fingerprint density at radius 2 is 1.53 bits per heavy atom. The molecule has 3 aromatic carbocycles. The van der Waals surface area contributed by atoms with Gasteiger partial charge in [-0.3, -0.25) is 14.2 Å². The third-order valence-corrected chi connectivity index (χ3v) is 5.74. The maximum absolute atomic E-state index is 13.4. The molecule has 7 nitrogen and oxygen atoms in total. The minimum atomic E-state index is -0.707. The lowest BCUT2D eigenvalue weighted by atomic mass is 10.1. The van der Waals surface area contributed by atoms with E-state index in [0.29, 0.717) is 12.2 Å². The highest BCUT2D eigenvalue weighted by Crippen LogP contribution is 2.10. The number of carbonyl (C=O) groups is 1. The van der Waals surface area contributed by atoms with E-state index in [0.717, 1.165) is 31.5 Å². The highest BCUT2D eigenvalue weighted by Gasteiger charge is 2.23. The maximum Gasteiger partial charge on any atom is 0.352 e. The van der Waals surface area contributed by atoms with Gasteiger partial charge in [0.1, 0.15) is 0 Å². The smallest absolute Gasteiger partial charge is 0.336 e. The summed E-state index contributed by atoms with van der Waals surface area (Å²) >= 11 is 0. The number of benzene rings is 3. The maximum atomic E-state index is 13.4. The summed E-state index contributed by atoms with van der Waals surface area (Å²) in [5.41, 5.74) is 2.58. The zero-order valence-electron chi connectivity index (χ0n) is 19.4. The summed E-state index contributed by atoms with van der Waals surface area (Å²) in [5, 5.41) is 4.24. The highest BCUT2D eigenvalue weighted by atomic mass is 16.2. The first kappa shape index (κ1) is 22.9. The van der Waals surface area contributed by atoms with Gasteiger partial charge in [0, 0.05) is 13.6 Å². The lowest BCUT2D eigenvalue weighted by Crippen LogP contribution is -2.46. The first-order valence-electron chi connectivity index (χ1n) is 11.0. The first-order valence-corrected chi connectivity index (χ1v) is 11.0. The Morgan fingerprint density at radius 3 is 2.21 bits per heavy atom. The van der Waals surface area contributed by atoms with Gasteiger partial charge in [0.15, 0.2) is 0 Å². The van der Waals surface area contributed by atoms with Crippen LogP contribution in [-0.4, -0.2) is 32.2 Å². The summed E-state index contributed by atoms with van der Waals surface area (Å²) < 4.78 is 2.21. The molecule has 1 heterocycles. The molecular weight excluding hydrogens is 428 g/mol. The van der Waals surface area contributed by atoms with E-state index in [1.807, 2.05) is 80.6 Å². The van der Waals surface area contributed by atoms with Crippen molar-refractivity contribution in [3.63, 3.8) is 0 Å². The van der Waals surface area contributed by atoms with E-state index in [-0.39, 0.29) is 12.2 Å². The largest absolute Gasteiger partial charge is 0.352 e. The van der Waals surface area contributed by atoms with Gasteiger partial charge in [0.2, 0.25) is 5.69 Å². The fourth-order valence-corrected chi connectivity index (χ4v) is 3.71. The van der Waals surface area contributed by atoms with Crippen molar-refractivity contribution in [2.45, 2.75) is 26.9 Å².